The average Bonchev–Trinajstić information content (AvgIpc) is 2.29. The summed E-state index contributed by atoms with van der Waals surface area (Å²) in [5, 5.41) is 0. The van der Waals surface area contributed by atoms with Gasteiger partial charge in [0.25, 0.3) is 0 Å². The number of rotatable bonds is 4. The fourth-order valence-electron chi connectivity index (χ4n) is 1.70. The van der Waals surface area contributed by atoms with Gasteiger partial charge in [-0.1, -0.05) is 0 Å². The summed E-state index contributed by atoms with van der Waals surface area (Å²) >= 11 is 0. The lowest BCUT2D eigenvalue weighted by Gasteiger charge is -2.33. The highest BCUT2D eigenvalue weighted by atomic mass is 32.2. The SMILES string of the molecule is CCS(=O)(=O)NC(=O)CN1CCN(C(C)=O)CC1. The molecular weight excluding hydrogens is 258 g/mol. The summed E-state index contributed by atoms with van der Waals surface area (Å²) in [6, 6.07) is 0. The Bertz CT molecular complexity index is 413. The van der Waals surface area contributed by atoms with Crippen LogP contribution in [0, 0.1) is 0 Å². The second-order valence-corrected chi connectivity index (χ2v) is 6.22. The van der Waals surface area contributed by atoms with E-state index >= 15 is 0 Å². The fraction of sp³-hybridized carbons (Fsp3) is 0.800. The molecule has 0 aromatic rings. The Balaban J connectivity index is 2.37. The Morgan fingerprint density at radius 2 is 1.72 bits per heavy atom. The first kappa shape index (κ1) is 14.9. The van der Waals surface area contributed by atoms with Gasteiger partial charge in [0.15, 0.2) is 0 Å². The van der Waals surface area contributed by atoms with Crippen LogP contribution in [0.5, 0.6) is 0 Å². The minimum absolute atomic E-state index is 0.0210. The Morgan fingerprint density at radius 1 is 1.17 bits per heavy atom. The molecule has 1 aliphatic rings. The van der Waals surface area contributed by atoms with E-state index in [4.69, 9.17) is 0 Å². The van der Waals surface area contributed by atoms with E-state index in [2.05, 4.69) is 0 Å². The van der Waals surface area contributed by atoms with Crippen LogP contribution in [0.25, 0.3) is 0 Å². The standard InChI is InChI=1S/C10H19N3O4S/c1-3-18(16,17)11-10(15)8-12-4-6-13(7-5-12)9(2)14/h3-8H2,1-2H3,(H,11,15). The monoisotopic (exact) mass is 277 g/mol. The molecule has 1 heterocycles. The van der Waals surface area contributed by atoms with Gasteiger partial charge in [0.2, 0.25) is 21.8 Å². The molecule has 0 spiro atoms. The van der Waals surface area contributed by atoms with Gasteiger partial charge in [0, 0.05) is 33.1 Å². The maximum Gasteiger partial charge on any atom is 0.247 e. The van der Waals surface area contributed by atoms with Crippen LogP contribution in [-0.2, 0) is 19.6 Å². The minimum Gasteiger partial charge on any atom is -0.340 e. The molecule has 1 aliphatic heterocycles. The van der Waals surface area contributed by atoms with Crippen LogP contribution in [0.4, 0.5) is 0 Å². The van der Waals surface area contributed by atoms with Crippen LogP contribution in [0.2, 0.25) is 0 Å². The number of carbonyl (C=O) groups excluding carboxylic acids is 2. The van der Waals surface area contributed by atoms with Gasteiger partial charge >= 0.3 is 0 Å². The van der Waals surface area contributed by atoms with Crippen molar-refractivity contribution in [2.24, 2.45) is 0 Å². The van der Waals surface area contributed by atoms with Gasteiger partial charge < -0.3 is 4.90 Å². The van der Waals surface area contributed by atoms with E-state index < -0.39 is 15.9 Å². The van der Waals surface area contributed by atoms with Crippen LogP contribution < -0.4 is 4.72 Å². The minimum atomic E-state index is -3.48. The summed E-state index contributed by atoms with van der Waals surface area (Å²) < 4.78 is 24.4. The Kier molecular flexibility index (Phi) is 5.09. The van der Waals surface area contributed by atoms with Crippen molar-refractivity contribution in [3.8, 4) is 0 Å². The number of nitrogens with zero attached hydrogens (tertiary/aromatic N) is 2. The van der Waals surface area contributed by atoms with Gasteiger partial charge in [-0.15, -0.1) is 0 Å². The summed E-state index contributed by atoms with van der Waals surface area (Å²) in [5.74, 6) is -0.614. The third kappa shape index (κ3) is 4.61. The summed E-state index contributed by atoms with van der Waals surface area (Å²) in [7, 11) is -3.48. The summed E-state index contributed by atoms with van der Waals surface area (Å²) in [5.41, 5.74) is 0. The lowest BCUT2D eigenvalue weighted by molar-refractivity contribution is -0.130. The van der Waals surface area contributed by atoms with Crippen LogP contribution in [-0.4, -0.2) is 68.5 Å². The lowest BCUT2D eigenvalue weighted by atomic mass is 10.3. The fourth-order valence-corrected chi connectivity index (χ4v) is 2.26. The highest BCUT2D eigenvalue weighted by Crippen LogP contribution is 2.01. The summed E-state index contributed by atoms with van der Waals surface area (Å²) in [6.45, 7) is 5.34. The smallest absolute Gasteiger partial charge is 0.247 e. The van der Waals surface area contributed by atoms with E-state index in [1.54, 1.807) is 4.90 Å². The summed E-state index contributed by atoms with van der Waals surface area (Å²) in [6.07, 6.45) is 0. The number of hydrogen-bond donors (Lipinski definition) is 1. The van der Waals surface area contributed by atoms with Gasteiger partial charge in [0.1, 0.15) is 0 Å². The van der Waals surface area contributed by atoms with Crippen LogP contribution >= 0.6 is 0 Å². The maximum atomic E-state index is 11.5. The van der Waals surface area contributed by atoms with Gasteiger partial charge in [-0.25, -0.2) is 8.42 Å². The number of sulfonamides is 1. The Morgan fingerprint density at radius 3 is 2.17 bits per heavy atom. The zero-order chi connectivity index (χ0) is 13.8. The Hall–Kier alpha value is -1.15. The average molecular weight is 277 g/mol. The van der Waals surface area contributed by atoms with Crippen LogP contribution in [0.3, 0.4) is 0 Å². The largest absolute Gasteiger partial charge is 0.340 e. The molecule has 7 nitrogen and oxygen atoms in total. The predicted molar refractivity (Wildman–Crippen MR) is 66.3 cm³/mol. The zero-order valence-electron chi connectivity index (χ0n) is 10.7. The number of carbonyl (C=O) groups is 2. The first-order chi connectivity index (χ1) is 8.34. The highest BCUT2D eigenvalue weighted by molar-refractivity contribution is 7.90. The lowest BCUT2D eigenvalue weighted by Crippen LogP contribution is -2.51. The van der Waals surface area contributed by atoms with Gasteiger partial charge in [0.05, 0.1) is 12.3 Å². The van der Waals surface area contributed by atoms with Crippen molar-refractivity contribution in [1.82, 2.24) is 14.5 Å². The van der Waals surface area contributed by atoms with Crippen molar-refractivity contribution in [2.45, 2.75) is 13.8 Å². The molecule has 1 N–H and O–H groups in total. The number of amides is 2. The van der Waals surface area contributed by atoms with Gasteiger partial charge in [-0.2, -0.15) is 0 Å². The number of nitrogens with one attached hydrogen (secondary N) is 1. The molecule has 2 amide bonds. The van der Waals surface area contributed by atoms with Crippen molar-refractivity contribution in [3.63, 3.8) is 0 Å². The molecule has 1 rings (SSSR count). The molecule has 0 aromatic carbocycles. The van der Waals surface area contributed by atoms with Crippen molar-refractivity contribution >= 4 is 21.8 Å². The number of hydrogen-bond acceptors (Lipinski definition) is 5. The molecule has 0 radical (unpaired) electrons. The second-order valence-electron chi connectivity index (χ2n) is 4.21. The Labute approximate surface area is 107 Å². The molecule has 0 aromatic heterocycles. The first-order valence-electron chi connectivity index (χ1n) is 5.85. The van der Waals surface area contributed by atoms with E-state index in [1.165, 1.54) is 13.8 Å². The topological polar surface area (TPSA) is 86.8 Å². The molecule has 18 heavy (non-hydrogen) atoms. The molecular formula is C10H19N3O4S. The van der Waals surface area contributed by atoms with Gasteiger partial charge in [-0.3, -0.25) is 19.2 Å². The maximum absolute atomic E-state index is 11.5. The molecule has 8 heteroatoms. The second kappa shape index (κ2) is 6.14. The van der Waals surface area contributed by atoms with Crippen molar-refractivity contribution < 1.29 is 18.0 Å². The molecule has 0 aliphatic carbocycles. The molecule has 0 unspecified atom stereocenters. The van der Waals surface area contributed by atoms with Crippen LogP contribution in [0.15, 0.2) is 0 Å². The molecule has 0 bridgehead atoms. The van der Waals surface area contributed by atoms with Crippen molar-refractivity contribution in [2.75, 3.05) is 38.5 Å². The molecule has 1 saturated heterocycles. The predicted octanol–water partition coefficient (Wildman–Crippen LogP) is -1.38. The molecule has 0 atom stereocenters. The molecule has 1 fully saturated rings. The van der Waals surface area contributed by atoms with Crippen molar-refractivity contribution in [1.29, 1.82) is 0 Å². The van der Waals surface area contributed by atoms with E-state index in [-0.39, 0.29) is 18.2 Å². The van der Waals surface area contributed by atoms with E-state index in [1.807, 2.05) is 9.62 Å². The quantitative estimate of drug-likeness (QED) is 0.684. The molecule has 0 saturated carbocycles. The third-order valence-corrected chi connectivity index (χ3v) is 4.13. The zero-order valence-corrected chi connectivity index (χ0v) is 11.5. The molecule has 104 valence electrons. The first-order valence-corrected chi connectivity index (χ1v) is 7.50. The third-order valence-electron chi connectivity index (χ3n) is 2.83. The van der Waals surface area contributed by atoms with Crippen LogP contribution in [0.1, 0.15) is 13.8 Å². The van der Waals surface area contributed by atoms with E-state index in [0.29, 0.717) is 26.2 Å². The van der Waals surface area contributed by atoms with E-state index in [0.717, 1.165) is 0 Å². The highest BCUT2D eigenvalue weighted by Gasteiger charge is 2.21. The van der Waals surface area contributed by atoms with Gasteiger partial charge in [-0.05, 0) is 6.92 Å². The van der Waals surface area contributed by atoms with Crippen molar-refractivity contribution in [3.05, 3.63) is 0 Å². The number of piperazine rings is 1. The normalized spacial score (nSPS) is 17.6. The van der Waals surface area contributed by atoms with E-state index in [9.17, 15) is 18.0 Å². The summed E-state index contributed by atoms with van der Waals surface area (Å²) in [4.78, 5) is 26.1.